The van der Waals surface area contributed by atoms with Crippen LogP contribution in [0.15, 0.2) is 18.2 Å². The summed E-state index contributed by atoms with van der Waals surface area (Å²) in [6.07, 6.45) is 4.82. The molecule has 0 amide bonds. The summed E-state index contributed by atoms with van der Waals surface area (Å²) in [6, 6.07) is 5.39. The van der Waals surface area contributed by atoms with Crippen molar-refractivity contribution in [3.8, 4) is 11.5 Å². The first kappa shape index (κ1) is 13.9. The molecule has 0 saturated heterocycles. The number of carbonyl (C=O) groups excluding carboxylic acids is 1. The van der Waals surface area contributed by atoms with E-state index in [0.29, 0.717) is 17.2 Å². The molecule has 0 heterocycles. The predicted octanol–water partition coefficient (Wildman–Crippen LogP) is 3.86. The van der Waals surface area contributed by atoms with Crippen molar-refractivity contribution in [3.63, 3.8) is 0 Å². The third-order valence-corrected chi connectivity index (χ3v) is 3.75. The lowest BCUT2D eigenvalue weighted by molar-refractivity contribution is 0.0993. The number of benzene rings is 1. The number of ketones is 1. The Bertz CT molecular complexity index is 453. The van der Waals surface area contributed by atoms with Crippen LogP contribution < -0.4 is 9.47 Å². The average molecular weight is 262 g/mol. The van der Waals surface area contributed by atoms with Gasteiger partial charge in [0.25, 0.3) is 0 Å². The number of hydrogen-bond acceptors (Lipinski definition) is 3. The van der Waals surface area contributed by atoms with E-state index in [2.05, 4.69) is 6.92 Å². The summed E-state index contributed by atoms with van der Waals surface area (Å²) in [4.78, 5) is 11.7. The number of carbonyl (C=O) groups is 1. The molecule has 0 radical (unpaired) electrons. The molecule has 3 heteroatoms. The van der Waals surface area contributed by atoms with Gasteiger partial charge in [0.2, 0.25) is 0 Å². The van der Waals surface area contributed by atoms with Gasteiger partial charge in [-0.25, -0.2) is 0 Å². The van der Waals surface area contributed by atoms with Gasteiger partial charge in [0.05, 0.1) is 18.8 Å². The molecule has 0 spiro atoms. The van der Waals surface area contributed by atoms with E-state index in [1.165, 1.54) is 12.8 Å². The maximum atomic E-state index is 11.7. The first-order valence-electron chi connectivity index (χ1n) is 6.95. The van der Waals surface area contributed by atoms with E-state index in [1.54, 1.807) is 26.2 Å². The van der Waals surface area contributed by atoms with Gasteiger partial charge < -0.3 is 9.47 Å². The number of ether oxygens (including phenoxy) is 2. The van der Waals surface area contributed by atoms with Crippen molar-refractivity contribution < 1.29 is 14.3 Å². The van der Waals surface area contributed by atoms with Gasteiger partial charge in [-0.2, -0.15) is 0 Å². The highest BCUT2D eigenvalue weighted by molar-refractivity contribution is 5.97. The summed E-state index contributed by atoms with van der Waals surface area (Å²) in [5, 5.41) is 0. The second-order valence-corrected chi connectivity index (χ2v) is 5.43. The largest absolute Gasteiger partial charge is 0.497 e. The Kier molecular flexibility index (Phi) is 4.46. The fourth-order valence-corrected chi connectivity index (χ4v) is 2.68. The summed E-state index contributed by atoms with van der Waals surface area (Å²) < 4.78 is 11.3. The molecule has 0 aromatic heterocycles. The fraction of sp³-hybridized carbons (Fsp3) is 0.562. The normalized spacial score (nSPS) is 22.9. The molecule has 1 aromatic rings. The van der Waals surface area contributed by atoms with Gasteiger partial charge in [-0.1, -0.05) is 13.3 Å². The van der Waals surface area contributed by atoms with Crippen LogP contribution in [-0.4, -0.2) is 19.0 Å². The Morgan fingerprint density at radius 1 is 1.32 bits per heavy atom. The van der Waals surface area contributed by atoms with Gasteiger partial charge in [-0.05, 0) is 44.2 Å². The lowest BCUT2D eigenvalue weighted by atomic mass is 9.88. The zero-order chi connectivity index (χ0) is 13.8. The SMILES string of the molecule is COc1ccc(C(C)=O)c(OC2CCCC(C)C2)c1. The van der Waals surface area contributed by atoms with Crippen LogP contribution in [-0.2, 0) is 0 Å². The standard InChI is InChI=1S/C16H22O3/c1-11-5-4-6-14(9-11)19-16-10-13(18-3)7-8-15(16)12(2)17/h7-8,10-11,14H,4-6,9H2,1-3H3. The van der Waals surface area contributed by atoms with Gasteiger partial charge in [0, 0.05) is 6.07 Å². The van der Waals surface area contributed by atoms with E-state index in [9.17, 15) is 4.79 Å². The molecular weight excluding hydrogens is 240 g/mol. The van der Waals surface area contributed by atoms with E-state index < -0.39 is 0 Å². The molecule has 2 atom stereocenters. The quantitative estimate of drug-likeness (QED) is 0.773. The smallest absolute Gasteiger partial charge is 0.163 e. The Morgan fingerprint density at radius 3 is 2.74 bits per heavy atom. The first-order chi connectivity index (χ1) is 9.10. The molecule has 1 fully saturated rings. The van der Waals surface area contributed by atoms with Crippen LogP contribution in [0.1, 0.15) is 49.9 Å². The number of rotatable bonds is 4. The zero-order valence-corrected chi connectivity index (χ0v) is 11.9. The van der Waals surface area contributed by atoms with Crippen LogP contribution in [0.3, 0.4) is 0 Å². The molecule has 2 unspecified atom stereocenters. The van der Waals surface area contributed by atoms with Gasteiger partial charge >= 0.3 is 0 Å². The minimum atomic E-state index is 0.0292. The van der Waals surface area contributed by atoms with Gasteiger partial charge in [-0.3, -0.25) is 4.79 Å². The van der Waals surface area contributed by atoms with E-state index in [0.717, 1.165) is 18.6 Å². The van der Waals surface area contributed by atoms with Crippen molar-refractivity contribution in [2.75, 3.05) is 7.11 Å². The number of methoxy groups -OCH3 is 1. The molecule has 0 aliphatic heterocycles. The molecule has 104 valence electrons. The maximum absolute atomic E-state index is 11.7. The van der Waals surface area contributed by atoms with E-state index in [-0.39, 0.29) is 11.9 Å². The molecule has 1 aromatic carbocycles. The zero-order valence-electron chi connectivity index (χ0n) is 11.9. The van der Waals surface area contributed by atoms with Crippen molar-refractivity contribution in [2.24, 2.45) is 5.92 Å². The second-order valence-electron chi connectivity index (χ2n) is 5.43. The molecule has 1 aliphatic carbocycles. The van der Waals surface area contributed by atoms with Crippen molar-refractivity contribution in [1.82, 2.24) is 0 Å². The minimum absolute atomic E-state index is 0.0292. The Morgan fingerprint density at radius 2 is 2.11 bits per heavy atom. The lowest BCUT2D eigenvalue weighted by Gasteiger charge is -2.28. The molecular formula is C16H22O3. The highest BCUT2D eigenvalue weighted by atomic mass is 16.5. The highest BCUT2D eigenvalue weighted by Gasteiger charge is 2.22. The number of Topliss-reactive ketones (excluding diaryl/α,β-unsaturated/α-hetero) is 1. The monoisotopic (exact) mass is 262 g/mol. The van der Waals surface area contributed by atoms with E-state index in [4.69, 9.17) is 9.47 Å². The Hall–Kier alpha value is -1.51. The maximum Gasteiger partial charge on any atom is 0.163 e. The molecule has 1 saturated carbocycles. The van der Waals surface area contributed by atoms with Crippen LogP contribution in [0.4, 0.5) is 0 Å². The number of hydrogen-bond donors (Lipinski definition) is 0. The van der Waals surface area contributed by atoms with Crippen molar-refractivity contribution in [2.45, 2.75) is 45.6 Å². The van der Waals surface area contributed by atoms with E-state index >= 15 is 0 Å². The molecule has 0 N–H and O–H groups in total. The van der Waals surface area contributed by atoms with Crippen LogP contribution in [0.2, 0.25) is 0 Å². The summed E-state index contributed by atoms with van der Waals surface area (Å²) in [5.41, 5.74) is 0.638. The third-order valence-electron chi connectivity index (χ3n) is 3.75. The minimum Gasteiger partial charge on any atom is -0.497 e. The summed E-state index contributed by atoms with van der Waals surface area (Å²) in [5.74, 6) is 2.11. The van der Waals surface area contributed by atoms with E-state index in [1.807, 2.05) is 6.07 Å². The van der Waals surface area contributed by atoms with Crippen LogP contribution >= 0.6 is 0 Å². The second kappa shape index (κ2) is 6.09. The summed E-state index contributed by atoms with van der Waals surface area (Å²) in [7, 11) is 1.62. The van der Waals surface area contributed by atoms with Gasteiger partial charge in [0.15, 0.2) is 5.78 Å². The van der Waals surface area contributed by atoms with Crippen LogP contribution in [0.5, 0.6) is 11.5 Å². The highest BCUT2D eigenvalue weighted by Crippen LogP contribution is 2.31. The fourth-order valence-electron chi connectivity index (χ4n) is 2.68. The molecule has 1 aliphatic rings. The third kappa shape index (κ3) is 3.49. The van der Waals surface area contributed by atoms with Crippen LogP contribution in [0.25, 0.3) is 0 Å². The van der Waals surface area contributed by atoms with Crippen molar-refractivity contribution in [1.29, 1.82) is 0 Å². The Labute approximate surface area is 114 Å². The van der Waals surface area contributed by atoms with Crippen molar-refractivity contribution >= 4 is 5.78 Å². The van der Waals surface area contributed by atoms with Gasteiger partial charge in [-0.15, -0.1) is 0 Å². The average Bonchev–Trinajstić information content (AvgIpc) is 2.38. The summed E-state index contributed by atoms with van der Waals surface area (Å²) >= 11 is 0. The Balaban J connectivity index is 2.19. The molecule has 19 heavy (non-hydrogen) atoms. The molecule has 3 nitrogen and oxygen atoms in total. The molecule has 2 rings (SSSR count). The van der Waals surface area contributed by atoms with Crippen LogP contribution in [0, 0.1) is 5.92 Å². The van der Waals surface area contributed by atoms with Crippen molar-refractivity contribution in [3.05, 3.63) is 23.8 Å². The topological polar surface area (TPSA) is 35.5 Å². The summed E-state index contributed by atoms with van der Waals surface area (Å²) in [6.45, 7) is 3.82. The predicted molar refractivity (Wildman–Crippen MR) is 75.0 cm³/mol. The lowest BCUT2D eigenvalue weighted by Crippen LogP contribution is -2.24. The van der Waals surface area contributed by atoms with Gasteiger partial charge in [0.1, 0.15) is 11.5 Å². The first-order valence-corrected chi connectivity index (χ1v) is 6.95. The molecule has 0 bridgehead atoms.